The van der Waals surface area contributed by atoms with E-state index in [2.05, 4.69) is 41.5 Å². The minimum absolute atomic E-state index is 0.557. The van der Waals surface area contributed by atoms with Gasteiger partial charge in [-0.05, 0) is 117 Å². The summed E-state index contributed by atoms with van der Waals surface area (Å²) < 4.78 is 6.08. The molecule has 4 aliphatic carbocycles. The van der Waals surface area contributed by atoms with Crippen molar-refractivity contribution in [2.45, 2.75) is 118 Å². The van der Waals surface area contributed by atoms with Gasteiger partial charge in [-0.1, -0.05) is 47.5 Å². The largest absolute Gasteiger partial charge is 0.378 e. The molecule has 0 spiro atoms. The van der Waals surface area contributed by atoms with Crippen molar-refractivity contribution in [2.75, 3.05) is 6.61 Å². The Hall–Kier alpha value is -0.0400. The lowest BCUT2D eigenvalue weighted by Gasteiger charge is -2.61. The van der Waals surface area contributed by atoms with Gasteiger partial charge in [-0.3, -0.25) is 0 Å². The predicted molar refractivity (Wildman–Crippen MR) is 124 cm³/mol. The molecule has 0 amide bonds. The van der Waals surface area contributed by atoms with Gasteiger partial charge in [0.1, 0.15) is 0 Å². The molecule has 168 valence electrons. The third kappa shape index (κ3) is 3.85. The van der Waals surface area contributed by atoms with Gasteiger partial charge >= 0.3 is 0 Å². The van der Waals surface area contributed by atoms with E-state index in [1.807, 2.05) is 0 Å². The lowest BCUT2D eigenvalue weighted by molar-refractivity contribution is -0.136. The molecule has 0 heterocycles. The van der Waals surface area contributed by atoms with Crippen molar-refractivity contribution in [3.8, 4) is 0 Å². The standard InChI is InChI=1S/C28H50O/c1-7-29-22-14-16-27(5)21(18-22)10-11-23-25-13-12-24(20(4)9-8-19(2)3)28(25,6)17-15-26(23)27/h19-26H,7-18H2,1-6H3. The van der Waals surface area contributed by atoms with E-state index < -0.39 is 0 Å². The normalized spacial score (nSPS) is 48.1. The molecule has 4 aliphatic rings. The van der Waals surface area contributed by atoms with Gasteiger partial charge in [-0.2, -0.15) is 0 Å². The molecular formula is C28H50O. The molecule has 0 radical (unpaired) electrons. The molecule has 4 fully saturated rings. The highest BCUT2D eigenvalue weighted by Gasteiger charge is 2.60. The highest BCUT2D eigenvalue weighted by Crippen LogP contribution is 2.68. The summed E-state index contributed by atoms with van der Waals surface area (Å²) in [5.74, 6) is 6.77. The lowest BCUT2D eigenvalue weighted by atomic mass is 9.44. The summed E-state index contributed by atoms with van der Waals surface area (Å²) in [5.41, 5.74) is 1.25. The van der Waals surface area contributed by atoms with Crippen molar-refractivity contribution < 1.29 is 4.74 Å². The first-order valence-electron chi connectivity index (χ1n) is 13.4. The van der Waals surface area contributed by atoms with E-state index in [9.17, 15) is 0 Å². The molecule has 0 aromatic rings. The highest BCUT2D eigenvalue weighted by atomic mass is 16.5. The molecule has 29 heavy (non-hydrogen) atoms. The molecule has 0 aliphatic heterocycles. The van der Waals surface area contributed by atoms with Crippen molar-refractivity contribution in [3.05, 3.63) is 0 Å². The minimum Gasteiger partial charge on any atom is -0.378 e. The zero-order chi connectivity index (χ0) is 20.8. The first-order chi connectivity index (χ1) is 13.8. The maximum Gasteiger partial charge on any atom is 0.0578 e. The fraction of sp³-hybridized carbons (Fsp3) is 1.00. The molecule has 1 nitrogen and oxygen atoms in total. The number of fused-ring (bicyclic) bond motifs is 5. The van der Waals surface area contributed by atoms with Gasteiger partial charge in [-0.15, -0.1) is 0 Å². The van der Waals surface area contributed by atoms with Crippen LogP contribution in [0.5, 0.6) is 0 Å². The van der Waals surface area contributed by atoms with E-state index in [4.69, 9.17) is 4.74 Å². The van der Waals surface area contributed by atoms with Crippen LogP contribution in [0.3, 0.4) is 0 Å². The van der Waals surface area contributed by atoms with Crippen LogP contribution in [0.15, 0.2) is 0 Å². The van der Waals surface area contributed by atoms with Gasteiger partial charge in [0.25, 0.3) is 0 Å². The first kappa shape index (κ1) is 22.2. The SMILES string of the molecule is CCOC1CCC2(C)C(CCC3C2CCC2(C)C(C(C)CCC(C)C)CCC32)C1. The summed E-state index contributed by atoms with van der Waals surface area (Å²) in [7, 11) is 0. The van der Waals surface area contributed by atoms with Crippen LogP contribution in [0, 0.1) is 52.3 Å². The lowest BCUT2D eigenvalue weighted by Crippen LogP contribution is -2.54. The average Bonchev–Trinajstić information content (AvgIpc) is 3.04. The smallest absolute Gasteiger partial charge is 0.0578 e. The molecule has 0 bridgehead atoms. The third-order valence-corrected chi connectivity index (χ3v) is 11.0. The van der Waals surface area contributed by atoms with Crippen molar-refractivity contribution in [3.63, 3.8) is 0 Å². The van der Waals surface area contributed by atoms with E-state index in [1.165, 1.54) is 70.6 Å². The Labute approximate surface area is 182 Å². The average molecular weight is 403 g/mol. The van der Waals surface area contributed by atoms with Crippen molar-refractivity contribution in [1.82, 2.24) is 0 Å². The second kappa shape index (κ2) is 8.48. The Morgan fingerprint density at radius 1 is 0.828 bits per heavy atom. The van der Waals surface area contributed by atoms with Crippen LogP contribution in [-0.2, 0) is 4.74 Å². The predicted octanol–water partition coefficient (Wildman–Crippen LogP) is 8.12. The highest BCUT2D eigenvalue weighted by molar-refractivity contribution is 5.09. The summed E-state index contributed by atoms with van der Waals surface area (Å²) >= 11 is 0. The Morgan fingerprint density at radius 3 is 2.28 bits per heavy atom. The summed E-state index contributed by atoms with van der Waals surface area (Å²) in [4.78, 5) is 0. The van der Waals surface area contributed by atoms with Crippen LogP contribution in [0.2, 0.25) is 0 Å². The molecule has 4 saturated carbocycles. The van der Waals surface area contributed by atoms with E-state index >= 15 is 0 Å². The van der Waals surface area contributed by atoms with E-state index in [1.54, 1.807) is 0 Å². The maximum atomic E-state index is 6.08. The van der Waals surface area contributed by atoms with Gasteiger partial charge in [0, 0.05) is 6.61 Å². The van der Waals surface area contributed by atoms with Crippen LogP contribution >= 0.6 is 0 Å². The van der Waals surface area contributed by atoms with Gasteiger partial charge in [0.2, 0.25) is 0 Å². The molecule has 9 unspecified atom stereocenters. The van der Waals surface area contributed by atoms with Crippen molar-refractivity contribution in [1.29, 1.82) is 0 Å². The topological polar surface area (TPSA) is 9.23 Å². The second-order valence-corrected chi connectivity index (χ2v) is 12.7. The molecule has 9 atom stereocenters. The molecule has 0 saturated heterocycles. The van der Waals surface area contributed by atoms with Gasteiger partial charge in [-0.25, -0.2) is 0 Å². The van der Waals surface area contributed by atoms with Gasteiger partial charge in [0.05, 0.1) is 6.10 Å². The fourth-order valence-corrected chi connectivity index (χ4v) is 9.38. The summed E-state index contributed by atoms with van der Waals surface area (Å²) in [5, 5.41) is 0. The van der Waals surface area contributed by atoms with E-state index in [0.29, 0.717) is 16.9 Å². The first-order valence-corrected chi connectivity index (χ1v) is 13.4. The second-order valence-electron chi connectivity index (χ2n) is 12.7. The fourth-order valence-electron chi connectivity index (χ4n) is 9.38. The number of hydrogen-bond acceptors (Lipinski definition) is 1. The van der Waals surface area contributed by atoms with Gasteiger partial charge < -0.3 is 4.74 Å². The molecule has 4 rings (SSSR count). The Kier molecular flexibility index (Phi) is 6.48. The Bertz CT molecular complexity index is 555. The van der Waals surface area contributed by atoms with Crippen LogP contribution in [0.4, 0.5) is 0 Å². The molecule has 0 aromatic carbocycles. The van der Waals surface area contributed by atoms with Crippen LogP contribution in [0.1, 0.15) is 112 Å². The number of rotatable bonds is 6. The quantitative estimate of drug-likeness (QED) is 0.436. The summed E-state index contributed by atoms with van der Waals surface area (Å²) in [6.45, 7) is 15.9. The molecule has 1 heteroatoms. The zero-order valence-corrected chi connectivity index (χ0v) is 20.5. The van der Waals surface area contributed by atoms with Gasteiger partial charge in [0.15, 0.2) is 0 Å². The third-order valence-electron chi connectivity index (χ3n) is 11.0. The van der Waals surface area contributed by atoms with Crippen LogP contribution in [0.25, 0.3) is 0 Å². The monoisotopic (exact) mass is 402 g/mol. The minimum atomic E-state index is 0.557. The molecule has 0 aromatic heterocycles. The number of ether oxygens (including phenoxy) is 1. The summed E-state index contributed by atoms with van der Waals surface area (Å²) in [6, 6.07) is 0. The maximum absolute atomic E-state index is 6.08. The zero-order valence-electron chi connectivity index (χ0n) is 20.5. The van der Waals surface area contributed by atoms with Crippen molar-refractivity contribution >= 4 is 0 Å². The van der Waals surface area contributed by atoms with Crippen LogP contribution in [-0.4, -0.2) is 12.7 Å². The van der Waals surface area contributed by atoms with Crippen molar-refractivity contribution in [2.24, 2.45) is 52.3 Å². The Balaban J connectivity index is 1.47. The van der Waals surface area contributed by atoms with E-state index in [0.717, 1.165) is 48.0 Å². The van der Waals surface area contributed by atoms with E-state index in [-0.39, 0.29) is 0 Å². The Morgan fingerprint density at radius 2 is 1.55 bits per heavy atom. The molecule has 0 N–H and O–H groups in total. The molecular weight excluding hydrogens is 352 g/mol. The number of hydrogen-bond donors (Lipinski definition) is 0. The summed E-state index contributed by atoms with van der Waals surface area (Å²) in [6.07, 6.45) is 16.7. The van der Waals surface area contributed by atoms with Crippen LogP contribution < -0.4 is 0 Å².